The van der Waals surface area contributed by atoms with Gasteiger partial charge in [-0.1, -0.05) is 38.5 Å². The van der Waals surface area contributed by atoms with Gasteiger partial charge in [0.25, 0.3) is 0 Å². The van der Waals surface area contributed by atoms with Crippen LogP contribution in [0.5, 0.6) is 0 Å². The predicted molar refractivity (Wildman–Crippen MR) is 285 cm³/mol. The Bertz CT molecular complexity index is 2950. The molecule has 0 atom stereocenters. The third kappa shape index (κ3) is 47.5. The molecule has 0 heterocycles. The molecule has 7 amide bonds. The Balaban J connectivity index is 4.63. The van der Waals surface area contributed by atoms with Gasteiger partial charge in [-0.05, 0) is 140 Å². The molecule has 0 saturated carbocycles. The first-order chi connectivity index (χ1) is 36.8. The van der Waals surface area contributed by atoms with E-state index in [1.54, 1.807) is 6.92 Å². The summed E-state index contributed by atoms with van der Waals surface area (Å²) in [6.07, 6.45) is 20.9. The number of unbranched alkanes of at least 4 members (excludes halogenated alkanes) is 9. The average Bonchev–Trinajstić information content (AvgIpc) is 3.40. The number of hydrogen-bond acceptors (Lipinski definition) is 8. The third-order valence-corrected chi connectivity index (χ3v) is 7.93. The summed E-state index contributed by atoms with van der Waals surface area (Å²) in [4.78, 5) is 62.7. The Morgan fingerprint density at radius 2 is 0.587 bits per heavy atom. The van der Waals surface area contributed by atoms with Gasteiger partial charge < -0.3 is 40.8 Å². The lowest BCUT2D eigenvalue weighted by Crippen LogP contribution is -2.49. The lowest BCUT2D eigenvalue weighted by atomic mass is 10.2. The highest BCUT2D eigenvalue weighted by Crippen LogP contribution is 2.05. The molecule has 0 aliphatic rings. The number of ether oxygens (including phenoxy) is 3. The van der Waals surface area contributed by atoms with Crippen LogP contribution in [0.25, 0.3) is 0 Å². The summed E-state index contributed by atoms with van der Waals surface area (Å²) in [5.74, 6) is 77.3. The molecule has 14 nitrogen and oxygen atoms in total. The van der Waals surface area contributed by atoms with Crippen LogP contribution in [-0.4, -0.2) is 81.1 Å². The van der Waals surface area contributed by atoms with E-state index in [1.807, 2.05) is 0 Å². The minimum Gasteiger partial charge on any atom is -0.450 e. The summed E-state index contributed by atoms with van der Waals surface area (Å²) in [5.41, 5.74) is 0. The number of hydrogen-bond donors (Lipinski definition) is 5. The molecule has 0 rings (SSSR count). The number of amides is 7. The molecule has 0 fully saturated rings. The summed E-state index contributed by atoms with van der Waals surface area (Å²) in [6.45, 7) is 4.10. The number of urea groups is 2. The summed E-state index contributed by atoms with van der Waals surface area (Å²) in [7, 11) is 0. The molecule has 0 spiro atoms. The lowest BCUT2D eigenvalue weighted by Gasteiger charge is -2.22. The van der Waals surface area contributed by atoms with Crippen LogP contribution in [0.4, 0.5) is 24.0 Å². The molecular weight excluding hydrogens is 945 g/mol. The number of carbonyl (C=O) groups excluding carboxylic acids is 5. The van der Waals surface area contributed by atoms with Crippen LogP contribution in [0, 0.1) is 215 Å². The first-order valence-electron chi connectivity index (χ1n) is 22.9. The van der Waals surface area contributed by atoms with Crippen LogP contribution >= 0.6 is 0 Å². The molecule has 0 aromatic rings. The SMILES string of the molecule is C#CC#CC#CC#CC#CC#CC#CC#CC#COC(=O)NCCCCCCNC(=O)N(CCCCCCNC(=O)OCC)C(=O)NCCCCCCNC(=O)OC#CC#CC#CC#CC#CC#CC#CC#CC#C. The van der Waals surface area contributed by atoms with Crippen molar-refractivity contribution in [1.82, 2.24) is 31.5 Å². The van der Waals surface area contributed by atoms with E-state index in [-0.39, 0.29) is 13.2 Å². The van der Waals surface area contributed by atoms with Crippen LogP contribution in [0.1, 0.15) is 84.0 Å². The van der Waals surface area contributed by atoms with Crippen molar-refractivity contribution < 1.29 is 38.2 Å². The van der Waals surface area contributed by atoms with Crippen LogP contribution in [0.3, 0.4) is 0 Å². The van der Waals surface area contributed by atoms with Crippen molar-refractivity contribution in [2.24, 2.45) is 0 Å². The highest BCUT2D eigenvalue weighted by Gasteiger charge is 2.20. The van der Waals surface area contributed by atoms with Gasteiger partial charge in [0, 0.05) is 134 Å². The molecule has 0 unspecified atom stereocenters. The lowest BCUT2D eigenvalue weighted by molar-refractivity contribution is 0.152. The molecule has 0 aromatic carbocycles. The van der Waals surface area contributed by atoms with E-state index in [0.29, 0.717) is 64.8 Å². The molecular formula is C61H48N6O8. The number of nitrogens with zero attached hydrogens (tertiary/aromatic N) is 1. The maximum Gasteiger partial charge on any atom is 0.421 e. The molecule has 0 radical (unpaired) electrons. The van der Waals surface area contributed by atoms with Gasteiger partial charge in [-0.2, -0.15) is 0 Å². The Morgan fingerprint density at radius 1 is 0.333 bits per heavy atom. The second kappa shape index (κ2) is 52.0. The van der Waals surface area contributed by atoms with E-state index < -0.39 is 30.3 Å². The number of alkyl carbamates (subject to hydrolysis) is 3. The zero-order valence-corrected chi connectivity index (χ0v) is 41.3. The first kappa shape index (κ1) is 63.6. The highest BCUT2D eigenvalue weighted by atomic mass is 16.6. The number of terminal acetylenes is 2. The van der Waals surface area contributed by atoms with Gasteiger partial charge in [0.15, 0.2) is 0 Å². The van der Waals surface area contributed by atoms with Gasteiger partial charge in [-0.3, -0.25) is 0 Å². The topological polar surface area (TPSA) is 176 Å². The van der Waals surface area contributed by atoms with Gasteiger partial charge in [0.1, 0.15) is 12.2 Å². The monoisotopic (exact) mass is 992 g/mol. The summed E-state index contributed by atoms with van der Waals surface area (Å²) >= 11 is 0. The quantitative estimate of drug-likeness (QED) is 0.0619. The second-order valence-corrected chi connectivity index (χ2v) is 13.4. The maximum atomic E-state index is 13.1. The van der Waals surface area contributed by atoms with Crippen LogP contribution in [0.15, 0.2) is 0 Å². The third-order valence-electron chi connectivity index (χ3n) is 7.93. The van der Waals surface area contributed by atoms with Crippen molar-refractivity contribution in [3.63, 3.8) is 0 Å². The van der Waals surface area contributed by atoms with Crippen molar-refractivity contribution in [2.75, 3.05) is 45.9 Å². The Hall–Kier alpha value is -11.4. The van der Waals surface area contributed by atoms with E-state index in [4.69, 9.17) is 27.1 Å². The Morgan fingerprint density at radius 3 is 0.880 bits per heavy atom. The number of rotatable bonds is 22. The van der Waals surface area contributed by atoms with Crippen molar-refractivity contribution in [3.8, 4) is 215 Å². The minimum atomic E-state index is -0.719. The second-order valence-electron chi connectivity index (χ2n) is 13.4. The zero-order chi connectivity index (χ0) is 54.6. The predicted octanol–water partition coefficient (Wildman–Crippen LogP) is 3.82. The zero-order valence-electron chi connectivity index (χ0n) is 41.3. The van der Waals surface area contributed by atoms with Crippen molar-refractivity contribution in [1.29, 1.82) is 0 Å². The molecule has 370 valence electrons. The number of imide groups is 1. The van der Waals surface area contributed by atoms with Crippen molar-refractivity contribution in [3.05, 3.63) is 0 Å². The maximum absolute atomic E-state index is 13.1. The van der Waals surface area contributed by atoms with Crippen LogP contribution < -0.4 is 26.6 Å². The van der Waals surface area contributed by atoms with E-state index in [0.717, 1.165) is 44.9 Å². The molecule has 0 aliphatic heterocycles. The Kier molecular flexibility index (Phi) is 44.1. The molecule has 5 N–H and O–H groups in total. The number of nitrogens with one attached hydrogen (secondary N) is 5. The van der Waals surface area contributed by atoms with Crippen LogP contribution in [0.2, 0.25) is 0 Å². The normalized spacial score (nSPS) is 7.35. The fourth-order valence-corrected chi connectivity index (χ4v) is 4.74. The number of carbonyl (C=O) groups is 5. The van der Waals surface area contributed by atoms with Gasteiger partial charge in [0.2, 0.25) is 0 Å². The summed E-state index contributed by atoms with van der Waals surface area (Å²) in [6, 6.07) is -1.00. The largest absolute Gasteiger partial charge is 0.450 e. The summed E-state index contributed by atoms with van der Waals surface area (Å²) < 4.78 is 14.4. The highest BCUT2D eigenvalue weighted by molar-refractivity contribution is 5.93. The summed E-state index contributed by atoms with van der Waals surface area (Å²) in [5, 5.41) is 13.5. The minimum absolute atomic E-state index is 0.210. The Labute approximate surface area is 442 Å². The molecule has 14 heteroatoms. The average molecular weight is 993 g/mol. The molecule has 0 bridgehead atoms. The standard InChI is InChI=1S/C61H48N6O8/c1-4-7-9-11-13-15-17-19-21-23-25-27-29-31-39-47-55-74-60(71)65-52-43-35-33-41-49-62-57(68)67(54-46-38-37-45-51-64-59(70)73-6-3)58(69)63-50-42-34-36-44-53-66-61(72)75-56-48-40-32-30-28-26-24-22-20-18-16-14-12-10-8-5-2/h1-2H,6,33-38,41-46,49-54H2,3H3,(H,62,68)(H,63,69)(H,64,70)(H,65,71)(H,66,72). The van der Waals surface area contributed by atoms with Crippen molar-refractivity contribution >= 4 is 30.3 Å². The van der Waals surface area contributed by atoms with Crippen molar-refractivity contribution in [2.45, 2.75) is 84.0 Å². The fraction of sp³-hybridized carbons (Fsp3) is 0.328. The van der Waals surface area contributed by atoms with Gasteiger partial charge in [0.05, 0.1) is 6.61 Å². The van der Waals surface area contributed by atoms with Crippen LogP contribution in [-0.2, 0) is 14.2 Å². The van der Waals surface area contributed by atoms with Gasteiger partial charge in [-0.15, -0.1) is 12.8 Å². The van der Waals surface area contributed by atoms with E-state index >= 15 is 0 Å². The van der Waals surface area contributed by atoms with E-state index in [9.17, 15) is 24.0 Å². The fourth-order valence-electron chi connectivity index (χ4n) is 4.74. The molecule has 0 aromatic heterocycles. The smallest absolute Gasteiger partial charge is 0.421 e. The van der Waals surface area contributed by atoms with E-state index in [2.05, 4.69) is 228 Å². The van der Waals surface area contributed by atoms with Gasteiger partial charge >= 0.3 is 30.3 Å². The molecule has 0 saturated heterocycles. The first-order valence-corrected chi connectivity index (χ1v) is 22.9. The van der Waals surface area contributed by atoms with E-state index in [1.165, 1.54) is 4.90 Å². The molecule has 0 aliphatic carbocycles. The van der Waals surface area contributed by atoms with Gasteiger partial charge in [-0.25, -0.2) is 28.9 Å². The molecule has 75 heavy (non-hydrogen) atoms.